The largest absolute Gasteiger partial charge is 0.530 e. The first kappa shape index (κ1) is 27.1. The number of rotatable bonds is 7. The van der Waals surface area contributed by atoms with E-state index in [2.05, 4.69) is 0 Å². The van der Waals surface area contributed by atoms with Gasteiger partial charge >= 0.3 is 6.18 Å². The highest BCUT2D eigenvalue weighted by atomic mass is 35.5. The minimum atomic E-state index is -4.65. The van der Waals surface area contributed by atoms with Crippen molar-refractivity contribution in [2.75, 3.05) is 0 Å². The van der Waals surface area contributed by atoms with Crippen molar-refractivity contribution in [2.45, 2.75) is 41.5 Å². The zero-order valence-electron chi connectivity index (χ0n) is 20.4. The molecule has 4 aromatic rings. The van der Waals surface area contributed by atoms with Crippen LogP contribution in [-0.4, -0.2) is 11.2 Å². The van der Waals surface area contributed by atoms with Crippen molar-refractivity contribution in [1.29, 1.82) is 0 Å². The van der Waals surface area contributed by atoms with Crippen LogP contribution in [0.3, 0.4) is 0 Å². The summed E-state index contributed by atoms with van der Waals surface area (Å²) < 4.78 is 41.7. The third kappa shape index (κ3) is 5.50. The lowest BCUT2D eigenvalue weighted by Gasteiger charge is -2.21. The zero-order valence-corrected chi connectivity index (χ0v) is 22.0. The van der Waals surface area contributed by atoms with Crippen LogP contribution in [0.1, 0.15) is 39.3 Å². The smallest absolute Gasteiger partial charge is 0.416 e. The number of hydrogen-bond acceptors (Lipinski definition) is 4. The molecule has 0 heterocycles. The minimum Gasteiger partial charge on any atom is -0.530 e. The van der Waals surface area contributed by atoms with Gasteiger partial charge in [0.2, 0.25) is 0 Å². The van der Waals surface area contributed by atoms with Gasteiger partial charge in [-0.25, -0.2) is 0 Å². The average molecular weight is 569 g/mol. The van der Waals surface area contributed by atoms with Crippen molar-refractivity contribution < 1.29 is 28.2 Å². The molecule has 1 aliphatic carbocycles. The van der Waals surface area contributed by atoms with E-state index in [4.69, 9.17) is 11.6 Å². The average Bonchev–Trinajstić information content (AvgIpc) is 3.20. The van der Waals surface area contributed by atoms with E-state index in [1.165, 1.54) is 17.8 Å². The van der Waals surface area contributed by atoms with Crippen LogP contribution < -0.4 is 10.4 Å². The summed E-state index contributed by atoms with van der Waals surface area (Å²) in [5, 5.41) is 23.3. The Morgan fingerprint density at radius 2 is 1.64 bits per heavy atom. The molecule has 4 aromatic carbocycles. The Hall–Kier alpha value is -3.46. The monoisotopic (exact) mass is 568 g/mol. The molecule has 0 radical (unpaired) electrons. The second-order valence-electron chi connectivity index (χ2n) is 9.16. The van der Waals surface area contributed by atoms with Gasteiger partial charge < -0.3 is 20.3 Å². The first-order valence-corrected chi connectivity index (χ1v) is 13.3. The second kappa shape index (κ2) is 11.0. The van der Waals surface area contributed by atoms with Crippen molar-refractivity contribution in [3.63, 3.8) is 0 Å². The van der Waals surface area contributed by atoms with Crippen LogP contribution in [0.5, 0.6) is 0 Å². The summed E-state index contributed by atoms with van der Waals surface area (Å²) in [7, 11) is 0. The Labute approximate surface area is 232 Å². The van der Waals surface area contributed by atoms with E-state index < -0.39 is 24.4 Å². The third-order valence-electron chi connectivity index (χ3n) is 6.88. The number of fused-ring (bicyclic) bond motifs is 3. The summed E-state index contributed by atoms with van der Waals surface area (Å²) >= 11 is 8.13. The molecule has 1 atom stereocenters. The first-order valence-electron chi connectivity index (χ1n) is 12.1. The molecule has 1 amide bonds. The predicted molar refractivity (Wildman–Crippen MR) is 143 cm³/mol. The number of nitrogens with one attached hydrogen (secondary N) is 1. The Morgan fingerprint density at radius 3 is 2.38 bits per heavy atom. The Kier molecular flexibility index (Phi) is 7.62. The SMILES string of the molecule is O=C([O-])NCc1c(CC2c3ccccc3-c3cc(Cl)c(Sc4ccccc4CO)cc32)cccc1C(F)(F)F. The van der Waals surface area contributed by atoms with E-state index in [0.29, 0.717) is 10.6 Å². The summed E-state index contributed by atoms with van der Waals surface area (Å²) in [5.74, 6) is -0.286. The van der Waals surface area contributed by atoms with E-state index in [9.17, 15) is 28.2 Å². The number of halogens is 4. The molecule has 2 N–H and O–H groups in total. The molecule has 0 saturated heterocycles. The third-order valence-corrected chi connectivity index (χ3v) is 8.48. The van der Waals surface area contributed by atoms with Crippen LogP contribution >= 0.6 is 23.4 Å². The van der Waals surface area contributed by atoms with Gasteiger partial charge in [-0.2, -0.15) is 13.2 Å². The van der Waals surface area contributed by atoms with Gasteiger partial charge in [-0.15, -0.1) is 0 Å². The van der Waals surface area contributed by atoms with E-state index in [1.807, 2.05) is 66.0 Å². The zero-order chi connectivity index (χ0) is 27.7. The fourth-order valence-corrected chi connectivity index (χ4v) is 6.40. The Morgan fingerprint density at radius 1 is 0.923 bits per heavy atom. The number of benzene rings is 4. The van der Waals surface area contributed by atoms with Crippen LogP contribution in [0.2, 0.25) is 5.02 Å². The van der Waals surface area contributed by atoms with E-state index >= 15 is 0 Å². The van der Waals surface area contributed by atoms with Gasteiger partial charge in [0.15, 0.2) is 0 Å². The lowest BCUT2D eigenvalue weighted by atomic mass is 9.87. The van der Waals surface area contributed by atoms with Gasteiger partial charge in [0.25, 0.3) is 0 Å². The molecule has 0 aromatic heterocycles. The number of amides is 1. The van der Waals surface area contributed by atoms with Crippen LogP contribution in [0.4, 0.5) is 18.0 Å². The number of alkyl halides is 3. The van der Waals surface area contributed by atoms with Crippen LogP contribution in [0.25, 0.3) is 11.1 Å². The molecular formula is C30H22ClF3NO3S-. The minimum absolute atomic E-state index is 0.124. The first-order chi connectivity index (χ1) is 18.7. The van der Waals surface area contributed by atoms with Crippen LogP contribution in [0.15, 0.2) is 88.7 Å². The number of carbonyl (C=O) groups excluding carboxylic acids is 1. The lowest BCUT2D eigenvalue weighted by Crippen LogP contribution is -2.36. The van der Waals surface area contributed by atoms with Crippen molar-refractivity contribution in [2.24, 2.45) is 0 Å². The molecule has 1 aliphatic rings. The summed E-state index contributed by atoms with van der Waals surface area (Å²) in [4.78, 5) is 12.7. The predicted octanol–water partition coefficient (Wildman–Crippen LogP) is 6.79. The highest BCUT2D eigenvalue weighted by Crippen LogP contribution is 2.50. The molecule has 5 rings (SSSR count). The molecule has 1 unspecified atom stereocenters. The lowest BCUT2D eigenvalue weighted by molar-refractivity contribution is -0.251. The molecule has 9 heteroatoms. The van der Waals surface area contributed by atoms with E-state index in [0.717, 1.165) is 43.7 Å². The highest BCUT2D eigenvalue weighted by Gasteiger charge is 2.36. The van der Waals surface area contributed by atoms with E-state index in [1.54, 1.807) is 6.07 Å². The molecule has 0 spiro atoms. The Bertz CT molecular complexity index is 1560. The molecule has 4 nitrogen and oxygen atoms in total. The fraction of sp³-hybridized carbons (Fsp3) is 0.167. The van der Waals surface area contributed by atoms with Crippen molar-refractivity contribution in [3.8, 4) is 11.1 Å². The van der Waals surface area contributed by atoms with Crippen molar-refractivity contribution >= 4 is 29.5 Å². The number of aliphatic hydroxyl groups is 1. The molecule has 0 aliphatic heterocycles. The standard InChI is InChI=1S/C30H23ClF3NO3S/c31-26-13-22-20-9-3-2-8-19(20)21(23(22)14-28(26)39-27-11-4-1-6-18(27)16-36)12-17-7-5-10-25(30(32,33)34)24(17)15-35-29(37)38/h1-11,13-14,21,35-36H,12,15-16H2,(H,37,38)/p-1. The number of carbonyl (C=O) groups is 1. The molecule has 0 saturated carbocycles. The number of aliphatic hydroxyl groups excluding tert-OH is 1. The fourth-order valence-electron chi connectivity index (χ4n) is 5.14. The molecule has 39 heavy (non-hydrogen) atoms. The maximum absolute atomic E-state index is 13.9. The highest BCUT2D eigenvalue weighted by molar-refractivity contribution is 7.99. The summed E-state index contributed by atoms with van der Waals surface area (Å²) in [6.07, 6.45) is -6.08. The van der Waals surface area contributed by atoms with Gasteiger partial charge in [-0.05, 0) is 69.6 Å². The summed E-state index contributed by atoms with van der Waals surface area (Å²) in [5.41, 5.74) is 3.87. The maximum atomic E-state index is 13.9. The maximum Gasteiger partial charge on any atom is 0.416 e. The molecule has 200 valence electrons. The summed E-state index contributed by atoms with van der Waals surface area (Å²) in [6.45, 7) is -0.647. The van der Waals surface area contributed by atoms with Gasteiger partial charge in [0, 0.05) is 22.3 Å². The quantitative estimate of drug-likeness (QED) is 0.257. The van der Waals surface area contributed by atoms with Gasteiger partial charge in [-0.1, -0.05) is 78.0 Å². The molecule has 0 fully saturated rings. The van der Waals surface area contributed by atoms with E-state index in [-0.39, 0.29) is 24.5 Å². The topological polar surface area (TPSA) is 72.4 Å². The van der Waals surface area contributed by atoms with Gasteiger partial charge in [-0.3, -0.25) is 0 Å². The van der Waals surface area contributed by atoms with Crippen molar-refractivity contribution in [1.82, 2.24) is 5.32 Å². The summed E-state index contributed by atoms with van der Waals surface area (Å²) in [6, 6.07) is 22.9. The Balaban J connectivity index is 1.60. The molecular weight excluding hydrogens is 547 g/mol. The second-order valence-corrected chi connectivity index (χ2v) is 10.7. The normalized spacial score (nSPS) is 14.1. The molecule has 0 bridgehead atoms. The van der Waals surface area contributed by atoms with Gasteiger partial charge in [0.05, 0.1) is 17.2 Å². The number of hydrogen-bond donors (Lipinski definition) is 2. The number of carboxylic acid groups (broad SMARTS) is 1. The van der Waals surface area contributed by atoms with Crippen LogP contribution in [-0.2, 0) is 25.7 Å². The van der Waals surface area contributed by atoms with Crippen molar-refractivity contribution in [3.05, 3.63) is 117 Å². The van der Waals surface area contributed by atoms with Crippen LogP contribution in [0, 0.1) is 0 Å². The van der Waals surface area contributed by atoms with Gasteiger partial charge in [0.1, 0.15) is 6.09 Å².